The molecule has 0 unspecified atom stereocenters. The van der Waals surface area contributed by atoms with Gasteiger partial charge in [0.25, 0.3) is 0 Å². The summed E-state index contributed by atoms with van der Waals surface area (Å²) in [5.74, 6) is 0.796. The third kappa shape index (κ3) is 1.77. The summed E-state index contributed by atoms with van der Waals surface area (Å²) in [5, 5.41) is 11.6. The fourth-order valence-electron chi connectivity index (χ4n) is 2.79. The van der Waals surface area contributed by atoms with Crippen molar-refractivity contribution in [3.05, 3.63) is 51.1 Å². The van der Waals surface area contributed by atoms with Crippen molar-refractivity contribution in [1.29, 1.82) is 0 Å². The van der Waals surface area contributed by atoms with E-state index in [9.17, 15) is 4.79 Å². The number of hydrogen-bond donors (Lipinski definition) is 1. The summed E-state index contributed by atoms with van der Waals surface area (Å²) < 4.78 is 7.14. The summed E-state index contributed by atoms with van der Waals surface area (Å²) in [7, 11) is 1.66. The second kappa shape index (κ2) is 4.71. The number of thiophene rings is 1. The summed E-state index contributed by atoms with van der Waals surface area (Å²) in [6.45, 7) is 2.01. The van der Waals surface area contributed by atoms with Gasteiger partial charge in [0.15, 0.2) is 5.65 Å². The molecule has 0 aliphatic heterocycles. The molecule has 4 rings (SSSR count). The van der Waals surface area contributed by atoms with Crippen LogP contribution >= 0.6 is 11.3 Å². The van der Waals surface area contributed by atoms with Crippen molar-refractivity contribution >= 4 is 27.9 Å². The largest absolute Gasteiger partial charge is 0.496 e. The first-order chi connectivity index (χ1) is 10.7. The van der Waals surface area contributed by atoms with Crippen LogP contribution in [0.1, 0.15) is 5.56 Å². The summed E-state index contributed by atoms with van der Waals surface area (Å²) in [4.78, 5) is 12.1. The van der Waals surface area contributed by atoms with E-state index >= 15 is 0 Å². The standard InChI is InChI=1S/C16H13N3O2S/c1-9-5-15-17-18-16(20)19(15)13-6-12(10-3-4-22-8-10)14(21-2)7-11(9)13/h3-8H,1-2H3,(H,18,20). The van der Waals surface area contributed by atoms with Crippen LogP contribution in [0.25, 0.3) is 27.7 Å². The van der Waals surface area contributed by atoms with Gasteiger partial charge < -0.3 is 4.74 Å². The highest BCUT2D eigenvalue weighted by Crippen LogP contribution is 2.36. The van der Waals surface area contributed by atoms with Crippen molar-refractivity contribution in [3.8, 4) is 16.9 Å². The topological polar surface area (TPSA) is 59.4 Å². The summed E-state index contributed by atoms with van der Waals surface area (Å²) in [6, 6.07) is 7.91. The Morgan fingerprint density at radius 3 is 2.91 bits per heavy atom. The molecule has 0 saturated carbocycles. The minimum atomic E-state index is -0.235. The number of aromatic nitrogens is 3. The Morgan fingerprint density at radius 2 is 2.18 bits per heavy atom. The van der Waals surface area contributed by atoms with Crippen LogP contribution in [0.4, 0.5) is 0 Å². The van der Waals surface area contributed by atoms with Gasteiger partial charge in [-0.3, -0.25) is 0 Å². The molecule has 5 nitrogen and oxygen atoms in total. The maximum Gasteiger partial charge on any atom is 0.348 e. The Hall–Kier alpha value is -2.60. The van der Waals surface area contributed by atoms with Gasteiger partial charge >= 0.3 is 5.69 Å². The molecule has 0 amide bonds. The van der Waals surface area contributed by atoms with E-state index in [1.165, 1.54) is 0 Å². The fourth-order valence-corrected chi connectivity index (χ4v) is 3.45. The molecule has 22 heavy (non-hydrogen) atoms. The van der Waals surface area contributed by atoms with Gasteiger partial charge in [0.05, 0.1) is 12.6 Å². The number of ether oxygens (including phenoxy) is 1. The Labute approximate surface area is 129 Å². The highest BCUT2D eigenvalue weighted by molar-refractivity contribution is 7.08. The average molecular weight is 311 g/mol. The molecule has 3 aromatic heterocycles. The first-order valence-electron chi connectivity index (χ1n) is 6.80. The van der Waals surface area contributed by atoms with E-state index in [0.29, 0.717) is 5.65 Å². The predicted octanol–water partition coefficient (Wildman–Crippen LogP) is 3.22. The Balaban J connectivity index is 2.20. The van der Waals surface area contributed by atoms with E-state index in [4.69, 9.17) is 4.74 Å². The SMILES string of the molecule is COc1cc2c(C)cc3n[nH]c(=O)n3c2cc1-c1ccsc1. The molecular formula is C16H13N3O2S. The van der Waals surface area contributed by atoms with Gasteiger partial charge in [-0.15, -0.1) is 0 Å². The summed E-state index contributed by atoms with van der Waals surface area (Å²) >= 11 is 1.63. The van der Waals surface area contributed by atoms with Crippen LogP contribution in [-0.4, -0.2) is 21.7 Å². The number of aromatic amines is 1. The molecule has 0 atom stereocenters. The number of nitrogens with one attached hydrogen (secondary N) is 1. The summed E-state index contributed by atoms with van der Waals surface area (Å²) in [6.07, 6.45) is 0. The van der Waals surface area contributed by atoms with Crippen molar-refractivity contribution in [2.75, 3.05) is 7.11 Å². The Bertz CT molecular complexity index is 1040. The van der Waals surface area contributed by atoms with Crippen molar-refractivity contribution < 1.29 is 4.74 Å². The molecule has 6 heteroatoms. The van der Waals surface area contributed by atoms with Crippen LogP contribution in [0.5, 0.6) is 5.75 Å². The zero-order chi connectivity index (χ0) is 15.3. The average Bonchev–Trinajstić information content (AvgIpc) is 3.16. The second-order valence-electron chi connectivity index (χ2n) is 5.13. The number of fused-ring (bicyclic) bond motifs is 3. The number of benzene rings is 1. The number of aryl methyl sites for hydroxylation is 1. The molecule has 0 fully saturated rings. The molecule has 0 aliphatic carbocycles. The van der Waals surface area contributed by atoms with Gasteiger partial charge in [0.2, 0.25) is 0 Å². The molecule has 1 aromatic carbocycles. The molecule has 0 bridgehead atoms. The van der Waals surface area contributed by atoms with Crippen LogP contribution in [0, 0.1) is 6.92 Å². The van der Waals surface area contributed by atoms with Crippen LogP contribution in [-0.2, 0) is 0 Å². The first kappa shape index (κ1) is 13.1. The van der Waals surface area contributed by atoms with E-state index in [0.717, 1.165) is 33.3 Å². The van der Waals surface area contributed by atoms with E-state index in [-0.39, 0.29) is 5.69 Å². The van der Waals surface area contributed by atoms with E-state index in [1.807, 2.05) is 36.6 Å². The number of pyridine rings is 1. The third-order valence-corrected chi connectivity index (χ3v) is 4.54. The summed E-state index contributed by atoms with van der Waals surface area (Å²) in [5.41, 5.74) is 4.32. The van der Waals surface area contributed by atoms with Gasteiger partial charge in [-0.2, -0.15) is 16.4 Å². The van der Waals surface area contributed by atoms with E-state index < -0.39 is 0 Å². The quantitative estimate of drug-likeness (QED) is 0.618. The monoisotopic (exact) mass is 311 g/mol. The second-order valence-corrected chi connectivity index (χ2v) is 5.91. The van der Waals surface area contributed by atoms with E-state index in [2.05, 4.69) is 15.6 Å². The van der Waals surface area contributed by atoms with Crippen LogP contribution < -0.4 is 10.4 Å². The Morgan fingerprint density at radius 1 is 1.32 bits per heavy atom. The fraction of sp³-hybridized carbons (Fsp3) is 0.125. The smallest absolute Gasteiger partial charge is 0.348 e. The molecule has 4 aromatic rings. The molecule has 1 N–H and O–H groups in total. The van der Waals surface area contributed by atoms with Gasteiger partial charge in [0.1, 0.15) is 5.75 Å². The molecule has 3 heterocycles. The Kier molecular flexibility index (Phi) is 2.80. The maximum absolute atomic E-state index is 12.1. The van der Waals surface area contributed by atoms with Crippen LogP contribution in [0.15, 0.2) is 39.8 Å². The van der Waals surface area contributed by atoms with Gasteiger partial charge in [-0.05, 0) is 53.1 Å². The highest BCUT2D eigenvalue weighted by Gasteiger charge is 2.14. The third-order valence-electron chi connectivity index (χ3n) is 3.86. The van der Waals surface area contributed by atoms with Gasteiger partial charge in [0, 0.05) is 10.9 Å². The van der Waals surface area contributed by atoms with Gasteiger partial charge in [-0.25, -0.2) is 14.3 Å². The molecule has 0 spiro atoms. The first-order valence-corrected chi connectivity index (χ1v) is 7.74. The lowest BCUT2D eigenvalue weighted by atomic mass is 10.0. The van der Waals surface area contributed by atoms with Gasteiger partial charge in [-0.1, -0.05) is 0 Å². The minimum absolute atomic E-state index is 0.235. The molecule has 0 aliphatic rings. The van der Waals surface area contributed by atoms with Crippen LogP contribution in [0.3, 0.4) is 0 Å². The van der Waals surface area contributed by atoms with Crippen LogP contribution in [0.2, 0.25) is 0 Å². The lowest BCUT2D eigenvalue weighted by Gasteiger charge is -2.12. The zero-order valence-corrected chi connectivity index (χ0v) is 12.9. The van der Waals surface area contributed by atoms with E-state index in [1.54, 1.807) is 22.8 Å². The highest BCUT2D eigenvalue weighted by atomic mass is 32.1. The van der Waals surface area contributed by atoms with Crippen molar-refractivity contribution in [2.24, 2.45) is 0 Å². The predicted molar refractivity (Wildman–Crippen MR) is 87.9 cm³/mol. The number of H-pyrrole nitrogens is 1. The van der Waals surface area contributed by atoms with Crippen molar-refractivity contribution in [1.82, 2.24) is 14.6 Å². The number of nitrogens with zero attached hydrogens (tertiary/aromatic N) is 2. The number of hydrogen-bond acceptors (Lipinski definition) is 4. The lowest BCUT2D eigenvalue weighted by molar-refractivity contribution is 0.417. The molecule has 110 valence electrons. The zero-order valence-electron chi connectivity index (χ0n) is 12.1. The lowest BCUT2D eigenvalue weighted by Crippen LogP contribution is -2.10. The molecule has 0 radical (unpaired) electrons. The molecular weight excluding hydrogens is 298 g/mol. The minimum Gasteiger partial charge on any atom is -0.496 e. The normalized spacial score (nSPS) is 11.4. The maximum atomic E-state index is 12.1. The molecule has 0 saturated heterocycles. The van der Waals surface area contributed by atoms with Crippen molar-refractivity contribution in [2.45, 2.75) is 6.92 Å². The number of methoxy groups -OCH3 is 1. The number of rotatable bonds is 2. The van der Waals surface area contributed by atoms with Crippen molar-refractivity contribution in [3.63, 3.8) is 0 Å².